The maximum atomic E-state index is 12.9. The fourth-order valence-electron chi connectivity index (χ4n) is 4.37. The van der Waals surface area contributed by atoms with Gasteiger partial charge < -0.3 is 42.6 Å². The first-order chi connectivity index (χ1) is 19.7. The minimum atomic E-state index is -4.94. The summed E-state index contributed by atoms with van der Waals surface area (Å²) in [5, 5.41) is 5.01. The molecule has 2 aromatic carbocycles. The molecule has 42 heavy (non-hydrogen) atoms. The summed E-state index contributed by atoms with van der Waals surface area (Å²) in [6, 6.07) is 10.2. The molecule has 2 N–H and O–H groups in total. The molecule has 0 spiro atoms. The number of likely N-dealkylation sites (N-methyl/N-ethyl adjacent to an activating group) is 1. The maximum Gasteiger partial charge on any atom is 0.262 e. The van der Waals surface area contributed by atoms with Crippen molar-refractivity contribution in [1.82, 2.24) is 15.5 Å². The fraction of sp³-hybridized carbons (Fsp3) is 0.375. The lowest BCUT2D eigenvalue weighted by Gasteiger charge is -2.36. The third-order valence-electron chi connectivity index (χ3n) is 6.43. The van der Waals surface area contributed by atoms with E-state index in [4.69, 9.17) is 4.74 Å². The Morgan fingerprint density at radius 3 is 1.90 bits per heavy atom. The first-order valence-electron chi connectivity index (χ1n) is 12.4. The highest BCUT2D eigenvalue weighted by Gasteiger charge is 2.52. The summed E-state index contributed by atoms with van der Waals surface area (Å²) in [6.45, 7) is 1.54. The lowest BCUT2D eigenvalue weighted by Crippen LogP contribution is -2.51. The molecule has 1 unspecified atom stereocenters. The van der Waals surface area contributed by atoms with Gasteiger partial charge in [0, 0.05) is 45.3 Å². The van der Waals surface area contributed by atoms with E-state index < -0.39 is 50.9 Å². The Labute approximate surface area is 241 Å². The van der Waals surface area contributed by atoms with E-state index >= 15 is 0 Å². The Balaban J connectivity index is 1.27. The normalized spacial score (nSPS) is 19.4. The lowest BCUT2D eigenvalue weighted by atomic mass is 10.0. The minimum absolute atomic E-state index is 0.0168. The summed E-state index contributed by atoms with van der Waals surface area (Å²) in [5.74, 6) is -1.86. The molecule has 2 fully saturated rings. The van der Waals surface area contributed by atoms with Gasteiger partial charge in [-0.25, -0.2) is 16.8 Å². The topological polar surface area (TPSA) is 227 Å². The molecule has 18 heteroatoms. The Morgan fingerprint density at radius 1 is 0.881 bits per heavy atom. The molecule has 2 heterocycles. The molecule has 0 radical (unpaired) electrons. The number of epoxide rings is 1. The van der Waals surface area contributed by atoms with Gasteiger partial charge in [-0.2, -0.15) is 0 Å². The zero-order valence-corrected chi connectivity index (χ0v) is 23.6. The molecule has 2 saturated heterocycles. The number of rotatable bonds is 11. The number of benzene rings is 2. The molecule has 228 valence electrons. The second-order valence-corrected chi connectivity index (χ2v) is 11.3. The average molecular weight is 627 g/mol. The van der Waals surface area contributed by atoms with Gasteiger partial charge in [-0.15, -0.1) is 0 Å². The smallest absolute Gasteiger partial charge is 0.262 e. The quantitative estimate of drug-likeness (QED) is 0.160. The van der Waals surface area contributed by atoms with E-state index in [2.05, 4.69) is 19.0 Å². The van der Waals surface area contributed by atoms with E-state index in [1.54, 1.807) is 17.0 Å². The number of nitrogens with zero attached hydrogens (tertiary/aromatic N) is 2. The van der Waals surface area contributed by atoms with Crippen molar-refractivity contribution in [3.8, 4) is 11.5 Å². The number of amides is 3. The highest BCUT2D eigenvalue weighted by molar-refractivity contribution is 7.81. The molecule has 2 aromatic rings. The molecule has 0 aliphatic carbocycles. The molecule has 2 aliphatic rings. The summed E-state index contributed by atoms with van der Waals surface area (Å²) in [5.41, 5.74) is 1.26. The van der Waals surface area contributed by atoms with Crippen LogP contribution in [0.25, 0.3) is 0 Å². The average Bonchev–Trinajstić information content (AvgIpc) is 3.73. The van der Waals surface area contributed by atoms with Gasteiger partial charge in [0.05, 0.1) is 0 Å². The Morgan fingerprint density at radius 2 is 1.40 bits per heavy atom. The van der Waals surface area contributed by atoms with Crippen LogP contribution in [0.3, 0.4) is 0 Å². The van der Waals surface area contributed by atoms with Crippen LogP contribution in [0.4, 0.5) is 5.69 Å². The Bertz CT molecular complexity index is 1520. The van der Waals surface area contributed by atoms with Crippen LogP contribution < -0.4 is 23.9 Å². The summed E-state index contributed by atoms with van der Waals surface area (Å²) in [4.78, 5) is 41.6. The number of carbonyl (C=O) groups is 3. The zero-order valence-electron chi connectivity index (χ0n) is 22.0. The van der Waals surface area contributed by atoms with Gasteiger partial charge in [-0.3, -0.25) is 14.4 Å². The van der Waals surface area contributed by atoms with Crippen LogP contribution >= 0.6 is 0 Å². The van der Waals surface area contributed by atoms with Crippen molar-refractivity contribution in [1.29, 1.82) is 0 Å². The number of carbonyl (C=O) groups excluding carboxylic acids is 3. The summed E-state index contributed by atoms with van der Waals surface area (Å²) in [7, 11) is -8.43. The number of anilines is 1. The first-order valence-corrected chi connectivity index (χ1v) is 15.1. The van der Waals surface area contributed by atoms with Crippen LogP contribution in [-0.2, 0) is 46.3 Å². The van der Waals surface area contributed by atoms with Crippen LogP contribution in [0, 0.1) is 0 Å². The summed E-state index contributed by atoms with van der Waals surface area (Å²) >= 11 is 0. The third kappa shape index (κ3) is 8.52. The predicted octanol–water partition coefficient (Wildman–Crippen LogP) is -1.75. The first kappa shape index (κ1) is 31.0. The predicted molar refractivity (Wildman–Crippen MR) is 141 cm³/mol. The molecule has 4 rings (SSSR count). The van der Waals surface area contributed by atoms with E-state index in [0.29, 0.717) is 31.7 Å². The molecule has 0 aromatic heterocycles. The highest BCUT2D eigenvalue weighted by Crippen LogP contribution is 2.27. The van der Waals surface area contributed by atoms with Gasteiger partial charge in [0.15, 0.2) is 12.2 Å². The highest BCUT2D eigenvalue weighted by atomic mass is 32.3. The van der Waals surface area contributed by atoms with E-state index in [1.165, 1.54) is 43.4 Å². The number of hydrogen-bond acceptors (Lipinski definition) is 13. The van der Waals surface area contributed by atoms with E-state index in [1.807, 2.05) is 4.90 Å². The van der Waals surface area contributed by atoms with Gasteiger partial charge in [0.25, 0.3) is 32.6 Å². The van der Waals surface area contributed by atoms with Crippen LogP contribution in [-0.4, -0.2) is 100 Å². The number of hydrogen-bond donors (Lipinski definition) is 2. The molecule has 0 saturated carbocycles. The van der Waals surface area contributed by atoms with Gasteiger partial charge in [-0.1, -0.05) is 12.1 Å². The van der Waals surface area contributed by atoms with Gasteiger partial charge in [0.2, 0.25) is 5.91 Å². The molecule has 3 amide bonds. The van der Waals surface area contributed by atoms with Gasteiger partial charge in [0.1, 0.15) is 17.5 Å². The van der Waals surface area contributed by atoms with Crippen LogP contribution in [0.2, 0.25) is 0 Å². The standard InChI is InChI=1S/C24H28N4O12S2/c1-25-22(29)19(14-15-2-6-17(7-3-15)39-41(32,33)34)26-23(30)20-21(38-20)24(31)28-12-10-27(11-13-28)16-4-8-18(9-5-16)40-42(35,36)37/h2-9,19-21H,10-14H2,1H3,(H,25,29)(H,26,30)(H,32,33,34)(H,35,36,37)/p-2/t19?,20-,21+/m1/s1. The number of ether oxygens (including phenoxy) is 1. The van der Waals surface area contributed by atoms with Crippen molar-refractivity contribution in [2.75, 3.05) is 38.1 Å². The Hall–Kier alpha value is -3.97. The van der Waals surface area contributed by atoms with Crippen molar-refractivity contribution >= 4 is 44.2 Å². The number of nitrogens with one attached hydrogen (secondary N) is 2. The molecular formula is C24H26N4O12S2-2. The second-order valence-electron chi connectivity index (χ2n) is 9.29. The largest absolute Gasteiger partial charge is 0.716 e. The lowest BCUT2D eigenvalue weighted by molar-refractivity contribution is -0.133. The fourth-order valence-corrected chi connectivity index (χ4v) is 5.06. The summed E-state index contributed by atoms with van der Waals surface area (Å²) in [6.07, 6.45) is -2.06. The molecule has 2 aliphatic heterocycles. The van der Waals surface area contributed by atoms with Crippen molar-refractivity contribution < 1.29 is 53.4 Å². The van der Waals surface area contributed by atoms with Crippen molar-refractivity contribution in [3.05, 3.63) is 54.1 Å². The second kappa shape index (κ2) is 12.5. The number of piperazine rings is 1. The SMILES string of the molecule is CNC(=O)C(Cc1ccc(OS(=O)(=O)[O-])cc1)NC(=O)[C@@H]1O[C@@H]1C(=O)N1CCN(c2ccc(OS(=O)(=O)[O-])cc2)CC1. The van der Waals surface area contributed by atoms with Crippen molar-refractivity contribution in [3.63, 3.8) is 0 Å². The van der Waals surface area contributed by atoms with Gasteiger partial charge >= 0.3 is 0 Å². The van der Waals surface area contributed by atoms with E-state index in [0.717, 1.165) is 5.69 Å². The van der Waals surface area contributed by atoms with Crippen molar-refractivity contribution in [2.24, 2.45) is 0 Å². The summed E-state index contributed by atoms with van der Waals surface area (Å²) < 4.78 is 78.2. The maximum absolute atomic E-state index is 12.9. The third-order valence-corrected chi connectivity index (χ3v) is 7.22. The molecule has 16 nitrogen and oxygen atoms in total. The minimum Gasteiger partial charge on any atom is -0.716 e. The van der Waals surface area contributed by atoms with E-state index in [9.17, 15) is 40.3 Å². The molecule has 0 bridgehead atoms. The Kier molecular flexibility index (Phi) is 9.21. The monoisotopic (exact) mass is 626 g/mol. The van der Waals surface area contributed by atoms with Gasteiger partial charge in [-0.05, 0) is 42.0 Å². The zero-order chi connectivity index (χ0) is 30.7. The molecular weight excluding hydrogens is 600 g/mol. The van der Waals surface area contributed by atoms with Crippen LogP contribution in [0.5, 0.6) is 11.5 Å². The van der Waals surface area contributed by atoms with E-state index in [-0.39, 0.29) is 23.8 Å². The van der Waals surface area contributed by atoms with Crippen LogP contribution in [0.15, 0.2) is 48.5 Å². The van der Waals surface area contributed by atoms with Crippen LogP contribution in [0.1, 0.15) is 5.56 Å². The van der Waals surface area contributed by atoms with Crippen molar-refractivity contribution in [2.45, 2.75) is 24.7 Å². The molecule has 3 atom stereocenters.